The van der Waals surface area contributed by atoms with Crippen LogP contribution in [-0.2, 0) is 11.3 Å². The Morgan fingerprint density at radius 3 is 2.74 bits per heavy atom. The minimum Gasteiger partial charge on any atom is -0.458 e. The molecule has 11 heteroatoms. The molecule has 0 saturated carbocycles. The van der Waals surface area contributed by atoms with E-state index >= 15 is 0 Å². The average molecular weight is 464 g/mol. The number of hydrogen-bond acceptors (Lipinski definition) is 8. The highest BCUT2D eigenvalue weighted by Gasteiger charge is 2.23. The van der Waals surface area contributed by atoms with Crippen LogP contribution in [0.4, 0.5) is 4.39 Å². The summed E-state index contributed by atoms with van der Waals surface area (Å²) in [6.45, 7) is 5.74. The highest BCUT2D eigenvalue weighted by atomic mass is 19.1. The number of aromatic nitrogens is 5. The monoisotopic (exact) mass is 464 g/mol. The summed E-state index contributed by atoms with van der Waals surface area (Å²) in [6.07, 6.45) is 1.51. The van der Waals surface area contributed by atoms with E-state index < -0.39 is 5.82 Å². The van der Waals surface area contributed by atoms with Crippen molar-refractivity contribution in [3.63, 3.8) is 0 Å². The first-order valence-corrected chi connectivity index (χ1v) is 11.0. The number of fused-ring (bicyclic) bond motifs is 3. The van der Waals surface area contributed by atoms with E-state index in [0.29, 0.717) is 43.1 Å². The van der Waals surface area contributed by atoms with Gasteiger partial charge in [-0.15, -0.1) is 0 Å². The van der Waals surface area contributed by atoms with Crippen LogP contribution in [0, 0.1) is 12.7 Å². The van der Waals surface area contributed by atoms with E-state index in [0.717, 1.165) is 18.8 Å². The van der Waals surface area contributed by atoms with Gasteiger partial charge in [0.25, 0.3) is 11.4 Å². The van der Waals surface area contributed by atoms with E-state index in [1.54, 1.807) is 27.2 Å². The minimum absolute atomic E-state index is 0.102. The molecule has 6 rings (SSSR count). The number of morpholine rings is 1. The van der Waals surface area contributed by atoms with Crippen LogP contribution in [0.5, 0.6) is 0 Å². The molecule has 5 heterocycles. The first kappa shape index (κ1) is 20.8. The molecule has 34 heavy (non-hydrogen) atoms. The average Bonchev–Trinajstić information content (AvgIpc) is 3.59. The number of benzene rings is 1. The Balaban J connectivity index is 1.48. The summed E-state index contributed by atoms with van der Waals surface area (Å²) in [5.74, 6) is 1.13. The third-order valence-electron chi connectivity index (χ3n) is 6.04. The molecule has 174 valence electrons. The molecule has 0 radical (unpaired) electrons. The summed E-state index contributed by atoms with van der Waals surface area (Å²) in [5.41, 5.74) is 1.38. The lowest BCUT2D eigenvalue weighted by Gasteiger charge is -2.27. The van der Waals surface area contributed by atoms with Crippen LogP contribution in [0.25, 0.3) is 39.7 Å². The Labute approximate surface area is 192 Å². The number of hydrogen-bond donors (Lipinski definition) is 0. The number of imidazole rings is 1. The third kappa shape index (κ3) is 3.49. The molecule has 1 aromatic carbocycles. The molecule has 1 saturated heterocycles. The zero-order chi connectivity index (χ0) is 23.2. The fourth-order valence-electron chi connectivity index (χ4n) is 4.31. The second-order valence-electron chi connectivity index (χ2n) is 8.19. The van der Waals surface area contributed by atoms with Crippen molar-refractivity contribution in [3.05, 3.63) is 58.6 Å². The van der Waals surface area contributed by atoms with E-state index in [4.69, 9.17) is 13.7 Å². The predicted molar refractivity (Wildman–Crippen MR) is 120 cm³/mol. The quantitative estimate of drug-likeness (QED) is 0.391. The zero-order valence-electron chi connectivity index (χ0n) is 18.4. The molecule has 0 N–H and O–H groups in total. The first-order valence-electron chi connectivity index (χ1n) is 11.0. The Morgan fingerprint density at radius 1 is 1.09 bits per heavy atom. The van der Waals surface area contributed by atoms with E-state index in [9.17, 15) is 9.18 Å². The first-order chi connectivity index (χ1) is 16.6. The molecule has 0 aliphatic carbocycles. The third-order valence-corrected chi connectivity index (χ3v) is 6.04. The lowest BCUT2D eigenvalue weighted by molar-refractivity contribution is 0.0364. The van der Waals surface area contributed by atoms with E-state index in [2.05, 4.69) is 20.0 Å². The summed E-state index contributed by atoms with van der Waals surface area (Å²) >= 11 is 0. The normalized spacial score (nSPS) is 15.0. The van der Waals surface area contributed by atoms with E-state index in [1.165, 1.54) is 18.5 Å². The summed E-state index contributed by atoms with van der Waals surface area (Å²) in [6, 6.07) is 7.92. The summed E-state index contributed by atoms with van der Waals surface area (Å²) in [5, 5.41) is 3.98. The number of nitrogens with zero attached hydrogens (tertiary/aromatic N) is 6. The molecule has 4 aromatic heterocycles. The van der Waals surface area contributed by atoms with Crippen molar-refractivity contribution in [2.45, 2.75) is 13.5 Å². The molecule has 10 nitrogen and oxygen atoms in total. The number of rotatable bonds is 5. The van der Waals surface area contributed by atoms with Gasteiger partial charge in [0.05, 0.1) is 24.2 Å². The summed E-state index contributed by atoms with van der Waals surface area (Å²) < 4.78 is 33.8. The highest BCUT2D eigenvalue weighted by molar-refractivity contribution is 5.83. The fourth-order valence-corrected chi connectivity index (χ4v) is 4.31. The molecule has 0 atom stereocenters. The standard InChI is InChI=1S/C23H21FN6O4/c1-14-2-5-18(33-14)21-26-22(34-27-21)19-20-23(31)29(7-6-28-8-10-32-11-9-28)17-12-15(24)3-4-16(17)30(20)13-25-19/h2-5,12-13H,6-11H2,1H3. The van der Waals surface area contributed by atoms with Crippen LogP contribution in [0.2, 0.25) is 0 Å². The highest BCUT2D eigenvalue weighted by Crippen LogP contribution is 2.26. The van der Waals surface area contributed by atoms with Crippen molar-refractivity contribution >= 4 is 16.6 Å². The minimum atomic E-state index is -0.415. The Morgan fingerprint density at radius 2 is 1.94 bits per heavy atom. The maximum Gasteiger partial charge on any atom is 0.279 e. The number of halogens is 1. The van der Waals surface area contributed by atoms with Gasteiger partial charge in [-0.2, -0.15) is 4.98 Å². The van der Waals surface area contributed by atoms with Gasteiger partial charge in [-0.1, -0.05) is 5.16 Å². The van der Waals surface area contributed by atoms with Crippen molar-refractivity contribution in [3.8, 4) is 23.2 Å². The Bertz CT molecular complexity index is 1560. The smallest absolute Gasteiger partial charge is 0.279 e. The Hall–Kier alpha value is -3.83. The SMILES string of the molecule is Cc1ccc(-c2noc(-c3ncn4c3c(=O)n(CCN3CCOCC3)c3cc(F)ccc34)n2)o1. The maximum atomic E-state index is 14.2. The van der Waals surface area contributed by atoms with Gasteiger partial charge in [-0.3, -0.25) is 14.1 Å². The van der Waals surface area contributed by atoms with E-state index in [1.807, 2.05) is 6.92 Å². The molecular formula is C23H21FN6O4. The summed E-state index contributed by atoms with van der Waals surface area (Å²) in [7, 11) is 0. The molecule has 1 aliphatic rings. The number of aryl methyl sites for hydroxylation is 1. The van der Waals surface area contributed by atoms with Gasteiger partial charge in [0.2, 0.25) is 5.82 Å². The van der Waals surface area contributed by atoms with Gasteiger partial charge >= 0.3 is 0 Å². The lowest BCUT2D eigenvalue weighted by Crippen LogP contribution is -2.39. The van der Waals surface area contributed by atoms with Crippen molar-refractivity contribution in [1.82, 2.24) is 29.0 Å². The molecule has 0 unspecified atom stereocenters. The van der Waals surface area contributed by atoms with Gasteiger partial charge in [0.1, 0.15) is 23.4 Å². The van der Waals surface area contributed by atoms with Gasteiger partial charge in [-0.25, -0.2) is 9.37 Å². The van der Waals surface area contributed by atoms with Crippen LogP contribution in [0.3, 0.4) is 0 Å². The molecule has 1 fully saturated rings. The van der Waals surface area contributed by atoms with Gasteiger partial charge < -0.3 is 18.2 Å². The van der Waals surface area contributed by atoms with Gasteiger partial charge in [0, 0.05) is 26.2 Å². The van der Waals surface area contributed by atoms with Crippen molar-refractivity contribution in [2.24, 2.45) is 0 Å². The van der Waals surface area contributed by atoms with Crippen LogP contribution in [0.1, 0.15) is 5.76 Å². The molecule has 0 spiro atoms. The Kier molecular flexibility index (Phi) is 5.00. The topological polar surface area (TPSA) is 104 Å². The van der Waals surface area contributed by atoms with Crippen LogP contribution in [0.15, 0.2) is 50.4 Å². The van der Waals surface area contributed by atoms with E-state index in [-0.39, 0.29) is 28.5 Å². The van der Waals surface area contributed by atoms with Gasteiger partial charge in [-0.05, 0) is 37.3 Å². The zero-order valence-corrected chi connectivity index (χ0v) is 18.4. The van der Waals surface area contributed by atoms with Crippen LogP contribution < -0.4 is 5.56 Å². The van der Waals surface area contributed by atoms with Crippen LogP contribution >= 0.6 is 0 Å². The predicted octanol–water partition coefficient (Wildman–Crippen LogP) is 2.74. The van der Waals surface area contributed by atoms with Crippen LogP contribution in [-0.4, -0.2) is 61.8 Å². The largest absolute Gasteiger partial charge is 0.458 e. The molecular weight excluding hydrogens is 443 g/mol. The van der Waals surface area contributed by atoms with Crippen molar-refractivity contribution in [1.29, 1.82) is 0 Å². The summed E-state index contributed by atoms with van der Waals surface area (Å²) in [4.78, 5) is 24.7. The lowest BCUT2D eigenvalue weighted by atomic mass is 10.2. The maximum absolute atomic E-state index is 14.2. The second kappa shape index (κ2) is 8.19. The number of ether oxygens (including phenoxy) is 1. The fraction of sp³-hybridized carbons (Fsp3) is 0.304. The number of furan rings is 1. The second-order valence-corrected chi connectivity index (χ2v) is 8.19. The molecule has 0 bridgehead atoms. The van der Waals surface area contributed by atoms with Crippen molar-refractivity contribution in [2.75, 3.05) is 32.8 Å². The molecule has 5 aromatic rings. The van der Waals surface area contributed by atoms with Gasteiger partial charge in [0.15, 0.2) is 11.5 Å². The molecule has 0 amide bonds. The molecule has 1 aliphatic heterocycles. The van der Waals surface area contributed by atoms with Crippen molar-refractivity contribution < 1.29 is 18.1 Å².